The minimum absolute atomic E-state index is 0.206. The average molecular weight is 296 g/mol. The van der Waals surface area contributed by atoms with Gasteiger partial charge in [-0.25, -0.2) is 4.79 Å². The van der Waals surface area contributed by atoms with E-state index in [0.717, 1.165) is 16.8 Å². The number of rotatable bonds is 5. The first-order valence-corrected chi connectivity index (χ1v) is 7.32. The van der Waals surface area contributed by atoms with E-state index in [4.69, 9.17) is 0 Å². The molecule has 2 aromatic rings. The van der Waals surface area contributed by atoms with Crippen molar-refractivity contribution in [2.24, 2.45) is 0 Å². The maximum atomic E-state index is 12.0. The van der Waals surface area contributed by atoms with Crippen LogP contribution < -0.4 is 10.6 Å². The van der Waals surface area contributed by atoms with Crippen molar-refractivity contribution < 1.29 is 9.59 Å². The summed E-state index contributed by atoms with van der Waals surface area (Å²) in [6.07, 6.45) is 0.977. The second-order valence-corrected chi connectivity index (χ2v) is 5.16. The summed E-state index contributed by atoms with van der Waals surface area (Å²) in [5.41, 5.74) is 3.44. The van der Waals surface area contributed by atoms with Crippen molar-refractivity contribution >= 4 is 23.2 Å². The highest BCUT2D eigenvalue weighted by Gasteiger charge is 2.05. The van der Waals surface area contributed by atoms with E-state index in [1.54, 1.807) is 12.1 Å². The molecule has 0 radical (unpaired) electrons. The van der Waals surface area contributed by atoms with Crippen molar-refractivity contribution in [3.8, 4) is 0 Å². The second kappa shape index (κ2) is 7.41. The van der Waals surface area contributed by atoms with Gasteiger partial charge in [-0.05, 0) is 36.2 Å². The van der Waals surface area contributed by atoms with Gasteiger partial charge in [0.05, 0.1) is 0 Å². The second-order valence-electron chi connectivity index (χ2n) is 5.16. The third-order valence-electron chi connectivity index (χ3n) is 3.40. The number of carbonyl (C=O) groups excluding carboxylic acids is 2. The summed E-state index contributed by atoms with van der Waals surface area (Å²) in [6, 6.07) is 14.6. The van der Waals surface area contributed by atoms with Crippen molar-refractivity contribution in [2.45, 2.75) is 26.7 Å². The number of benzene rings is 2. The molecule has 0 saturated carbocycles. The lowest BCUT2D eigenvalue weighted by molar-refractivity contribution is -0.118. The van der Waals surface area contributed by atoms with Gasteiger partial charge in [-0.2, -0.15) is 0 Å². The van der Waals surface area contributed by atoms with Gasteiger partial charge < -0.3 is 10.6 Å². The predicted octanol–water partition coefficient (Wildman–Crippen LogP) is 4.16. The summed E-state index contributed by atoms with van der Waals surface area (Å²) in [7, 11) is 0. The molecule has 2 aromatic carbocycles. The fourth-order valence-electron chi connectivity index (χ4n) is 2.06. The Balaban J connectivity index is 1.94. The molecule has 4 heteroatoms. The first kappa shape index (κ1) is 15.8. The third-order valence-corrected chi connectivity index (χ3v) is 3.40. The van der Waals surface area contributed by atoms with Crippen molar-refractivity contribution in [3.05, 3.63) is 59.7 Å². The van der Waals surface area contributed by atoms with Crippen molar-refractivity contribution in [2.75, 3.05) is 10.6 Å². The first-order valence-electron chi connectivity index (χ1n) is 7.32. The van der Waals surface area contributed by atoms with E-state index in [2.05, 4.69) is 10.6 Å². The van der Waals surface area contributed by atoms with E-state index < -0.39 is 0 Å². The van der Waals surface area contributed by atoms with Crippen LogP contribution in [0, 0.1) is 6.92 Å². The Labute approximate surface area is 130 Å². The molecule has 2 N–H and O–H groups in total. The van der Waals surface area contributed by atoms with Crippen LogP contribution in [0.3, 0.4) is 0 Å². The van der Waals surface area contributed by atoms with Crippen LogP contribution in [0.15, 0.2) is 48.5 Å². The predicted molar refractivity (Wildman–Crippen MR) is 89.3 cm³/mol. The number of para-hydroxylation sites is 1. The molecule has 4 nitrogen and oxygen atoms in total. The maximum Gasteiger partial charge on any atom is 0.323 e. The monoisotopic (exact) mass is 296 g/mol. The standard InChI is InChI=1S/C18H20N2O2/c1-3-16(21)12-14-8-10-15(11-9-14)19-18(22)20-17-7-5-4-6-13(17)2/h4-11H,3,12H2,1-2H3,(H2,19,20,22). The first-order chi connectivity index (χ1) is 10.6. The summed E-state index contributed by atoms with van der Waals surface area (Å²) >= 11 is 0. The summed E-state index contributed by atoms with van der Waals surface area (Å²) in [4.78, 5) is 23.4. The molecule has 22 heavy (non-hydrogen) atoms. The third kappa shape index (κ3) is 4.45. The van der Waals surface area contributed by atoms with Gasteiger partial charge in [0.15, 0.2) is 0 Å². The number of aryl methyl sites for hydroxylation is 1. The van der Waals surface area contributed by atoms with Gasteiger partial charge in [0.2, 0.25) is 0 Å². The number of nitrogens with one attached hydrogen (secondary N) is 2. The average Bonchev–Trinajstić information content (AvgIpc) is 2.51. The van der Waals surface area contributed by atoms with Crippen LogP contribution in [0.1, 0.15) is 24.5 Å². The van der Waals surface area contributed by atoms with Crippen LogP contribution in [-0.4, -0.2) is 11.8 Å². The fourth-order valence-corrected chi connectivity index (χ4v) is 2.06. The summed E-state index contributed by atoms with van der Waals surface area (Å²) < 4.78 is 0. The molecule has 0 bridgehead atoms. The van der Waals surface area contributed by atoms with Gasteiger partial charge in [-0.3, -0.25) is 4.79 Å². The molecule has 114 valence electrons. The van der Waals surface area contributed by atoms with Gasteiger partial charge >= 0.3 is 6.03 Å². The Morgan fingerprint density at radius 3 is 2.27 bits per heavy atom. The lowest BCUT2D eigenvalue weighted by atomic mass is 10.1. The molecule has 0 heterocycles. The fraction of sp³-hybridized carbons (Fsp3) is 0.222. The number of amides is 2. The minimum atomic E-state index is -0.285. The van der Waals surface area contributed by atoms with E-state index in [9.17, 15) is 9.59 Å². The molecular formula is C18H20N2O2. The van der Waals surface area contributed by atoms with Gasteiger partial charge in [-0.1, -0.05) is 37.3 Å². The van der Waals surface area contributed by atoms with Crippen LogP contribution >= 0.6 is 0 Å². The Morgan fingerprint density at radius 1 is 0.955 bits per heavy atom. The molecule has 0 saturated heterocycles. The topological polar surface area (TPSA) is 58.2 Å². The number of Topliss-reactive ketones (excluding diaryl/α,β-unsaturated/α-hetero) is 1. The van der Waals surface area contributed by atoms with E-state index in [-0.39, 0.29) is 11.8 Å². The Morgan fingerprint density at radius 2 is 1.64 bits per heavy atom. The van der Waals surface area contributed by atoms with E-state index in [1.807, 2.05) is 50.2 Å². The lowest BCUT2D eigenvalue weighted by Crippen LogP contribution is -2.19. The summed E-state index contributed by atoms with van der Waals surface area (Å²) in [5, 5.41) is 5.59. The zero-order valence-electron chi connectivity index (χ0n) is 12.8. The van der Waals surface area contributed by atoms with Crippen LogP contribution in [0.4, 0.5) is 16.2 Å². The molecule has 0 aliphatic rings. The molecule has 0 fully saturated rings. The summed E-state index contributed by atoms with van der Waals surface area (Å²) in [5.74, 6) is 0.206. The number of anilines is 2. The molecule has 0 unspecified atom stereocenters. The molecule has 2 amide bonds. The largest absolute Gasteiger partial charge is 0.323 e. The molecular weight excluding hydrogens is 276 g/mol. The van der Waals surface area contributed by atoms with Crippen molar-refractivity contribution in [3.63, 3.8) is 0 Å². The highest BCUT2D eigenvalue weighted by Crippen LogP contribution is 2.15. The molecule has 0 spiro atoms. The number of hydrogen-bond donors (Lipinski definition) is 2. The van der Waals surface area contributed by atoms with Gasteiger partial charge in [0, 0.05) is 24.2 Å². The number of carbonyl (C=O) groups is 2. The molecule has 2 rings (SSSR count). The Bertz CT molecular complexity index is 663. The SMILES string of the molecule is CCC(=O)Cc1ccc(NC(=O)Nc2ccccc2C)cc1. The smallest absolute Gasteiger partial charge is 0.308 e. The highest BCUT2D eigenvalue weighted by molar-refractivity contribution is 6.00. The molecule has 0 aliphatic carbocycles. The minimum Gasteiger partial charge on any atom is -0.308 e. The van der Waals surface area contributed by atoms with E-state index in [0.29, 0.717) is 18.5 Å². The van der Waals surface area contributed by atoms with Gasteiger partial charge in [0.1, 0.15) is 5.78 Å². The lowest BCUT2D eigenvalue weighted by Gasteiger charge is -2.10. The Kier molecular flexibility index (Phi) is 5.31. The normalized spacial score (nSPS) is 10.1. The van der Waals surface area contributed by atoms with Crippen molar-refractivity contribution in [1.82, 2.24) is 0 Å². The van der Waals surface area contributed by atoms with Crippen LogP contribution in [0.5, 0.6) is 0 Å². The van der Waals surface area contributed by atoms with Crippen LogP contribution in [-0.2, 0) is 11.2 Å². The van der Waals surface area contributed by atoms with Crippen LogP contribution in [0.25, 0.3) is 0 Å². The molecule has 0 atom stereocenters. The van der Waals surface area contributed by atoms with Crippen LogP contribution in [0.2, 0.25) is 0 Å². The summed E-state index contributed by atoms with van der Waals surface area (Å²) in [6.45, 7) is 3.79. The quantitative estimate of drug-likeness (QED) is 0.870. The Hall–Kier alpha value is -2.62. The zero-order chi connectivity index (χ0) is 15.9. The van der Waals surface area contributed by atoms with Gasteiger partial charge in [0.25, 0.3) is 0 Å². The van der Waals surface area contributed by atoms with Crippen molar-refractivity contribution in [1.29, 1.82) is 0 Å². The highest BCUT2D eigenvalue weighted by atomic mass is 16.2. The number of ketones is 1. The maximum absolute atomic E-state index is 12.0. The number of urea groups is 1. The molecule has 0 aliphatic heterocycles. The van der Waals surface area contributed by atoms with Gasteiger partial charge in [-0.15, -0.1) is 0 Å². The number of hydrogen-bond acceptors (Lipinski definition) is 2. The molecule has 0 aromatic heterocycles. The van der Waals surface area contributed by atoms with E-state index >= 15 is 0 Å². The van der Waals surface area contributed by atoms with E-state index in [1.165, 1.54) is 0 Å². The zero-order valence-corrected chi connectivity index (χ0v) is 12.8.